The maximum absolute atomic E-state index is 13.2. The SMILES string of the molecule is CCOc1cc(/C=C2/SC(=O)N(CC(=O)N3CCN(c4ccccc4)CC3)C2=O)cc(I)c1OCc1ccc(Cl)c(Cl)c1. The first-order valence-corrected chi connectivity index (χ1v) is 16.2. The summed E-state index contributed by atoms with van der Waals surface area (Å²) in [6, 6.07) is 18.9. The van der Waals surface area contributed by atoms with E-state index in [1.165, 1.54) is 0 Å². The third kappa shape index (κ3) is 7.60. The van der Waals surface area contributed by atoms with Crippen LogP contribution in [0, 0.1) is 3.57 Å². The van der Waals surface area contributed by atoms with Crippen LogP contribution >= 0.6 is 57.6 Å². The van der Waals surface area contributed by atoms with Crippen LogP contribution in [0.4, 0.5) is 10.5 Å². The van der Waals surface area contributed by atoms with E-state index in [9.17, 15) is 14.4 Å². The minimum atomic E-state index is -0.487. The van der Waals surface area contributed by atoms with Crippen LogP contribution in [0.2, 0.25) is 10.0 Å². The first-order chi connectivity index (χ1) is 20.7. The van der Waals surface area contributed by atoms with Crippen molar-refractivity contribution in [3.05, 3.63) is 90.3 Å². The molecule has 2 aliphatic heterocycles. The van der Waals surface area contributed by atoms with Crippen molar-refractivity contribution in [3.8, 4) is 11.5 Å². The number of benzene rings is 3. The van der Waals surface area contributed by atoms with Crippen LogP contribution < -0.4 is 14.4 Å². The largest absolute Gasteiger partial charge is 0.490 e. The molecule has 43 heavy (non-hydrogen) atoms. The summed E-state index contributed by atoms with van der Waals surface area (Å²) in [4.78, 5) is 44.2. The van der Waals surface area contributed by atoms with Gasteiger partial charge in [0.25, 0.3) is 11.1 Å². The molecular formula is C31H28Cl2IN3O5S. The van der Waals surface area contributed by atoms with E-state index in [2.05, 4.69) is 27.5 Å². The van der Waals surface area contributed by atoms with Crippen LogP contribution in [-0.2, 0) is 16.2 Å². The number of ether oxygens (including phenoxy) is 2. The number of carbonyl (C=O) groups is 3. The van der Waals surface area contributed by atoms with E-state index < -0.39 is 11.1 Å². The van der Waals surface area contributed by atoms with Crippen molar-refractivity contribution in [2.45, 2.75) is 13.5 Å². The van der Waals surface area contributed by atoms with E-state index in [0.29, 0.717) is 59.9 Å². The minimum absolute atomic E-state index is 0.243. The van der Waals surface area contributed by atoms with E-state index in [0.717, 1.165) is 31.5 Å². The van der Waals surface area contributed by atoms with Crippen molar-refractivity contribution >= 4 is 86.4 Å². The second kappa shape index (κ2) is 14.2. The summed E-state index contributed by atoms with van der Waals surface area (Å²) in [7, 11) is 0. The number of para-hydroxylation sites is 1. The fourth-order valence-corrected chi connectivity index (χ4v) is 6.68. The average Bonchev–Trinajstić information content (AvgIpc) is 3.26. The topological polar surface area (TPSA) is 79.4 Å². The maximum atomic E-state index is 13.2. The highest BCUT2D eigenvalue weighted by Crippen LogP contribution is 2.38. The number of imide groups is 1. The molecule has 8 nitrogen and oxygen atoms in total. The number of hydrogen-bond donors (Lipinski definition) is 0. The molecule has 0 bridgehead atoms. The van der Waals surface area contributed by atoms with Crippen LogP contribution in [0.5, 0.6) is 11.5 Å². The molecule has 2 aliphatic rings. The third-order valence-electron chi connectivity index (χ3n) is 6.92. The van der Waals surface area contributed by atoms with E-state index in [1.807, 2.05) is 49.4 Å². The molecule has 0 N–H and O–H groups in total. The van der Waals surface area contributed by atoms with Gasteiger partial charge in [0, 0.05) is 31.9 Å². The van der Waals surface area contributed by atoms with E-state index in [4.69, 9.17) is 32.7 Å². The van der Waals surface area contributed by atoms with Gasteiger partial charge in [-0.1, -0.05) is 47.5 Å². The molecule has 0 radical (unpaired) electrons. The minimum Gasteiger partial charge on any atom is -0.490 e. The Hall–Kier alpha value is -2.93. The molecule has 0 saturated carbocycles. The first kappa shape index (κ1) is 31.5. The van der Waals surface area contributed by atoms with Gasteiger partial charge in [-0.3, -0.25) is 19.3 Å². The summed E-state index contributed by atoms with van der Waals surface area (Å²) in [6.07, 6.45) is 1.64. The number of thioether (sulfide) groups is 1. The number of nitrogens with zero attached hydrogens (tertiary/aromatic N) is 3. The van der Waals surface area contributed by atoms with Gasteiger partial charge in [-0.05, 0) is 94.9 Å². The summed E-state index contributed by atoms with van der Waals surface area (Å²) in [5.41, 5.74) is 2.63. The second-order valence-electron chi connectivity index (χ2n) is 9.77. The Balaban J connectivity index is 1.24. The number of hydrogen-bond acceptors (Lipinski definition) is 7. The molecule has 2 heterocycles. The van der Waals surface area contributed by atoms with Crippen molar-refractivity contribution in [2.75, 3.05) is 44.2 Å². The van der Waals surface area contributed by atoms with Gasteiger partial charge < -0.3 is 19.3 Å². The fourth-order valence-electron chi connectivity index (χ4n) is 4.73. The molecule has 3 amide bonds. The summed E-state index contributed by atoms with van der Waals surface area (Å²) < 4.78 is 12.7. The molecule has 12 heteroatoms. The summed E-state index contributed by atoms with van der Waals surface area (Å²) in [6.45, 7) is 4.66. The van der Waals surface area contributed by atoms with Crippen molar-refractivity contribution in [1.82, 2.24) is 9.80 Å². The standard InChI is InChI=1S/C31H28Cl2IN3O5S/c1-2-41-26-16-21(15-25(34)29(26)42-19-20-8-9-23(32)24(33)14-20)17-27-30(39)37(31(40)43-27)18-28(38)36-12-10-35(11-13-36)22-6-4-3-5-7-22/h3-9,14-17H,2,10-13,18-19H2,1H3/b27-17+. The predicted molar refractivity (Wildman–Crippen MR) is 179 cm³/mol. The molecular weight excluding hydrogens is 724 g/mol. The van der Waals surface area contributed by atoms with E-state index in [1.54, 1.807) is 29.2 Å². The van der Waals surface area contributed by atoms with Crippen molar-refractivity contribution in [3.63, 3.8) is 0 Å². The van der Waals surface area contributed by atoms with Gasteiger partial charge in [0.15, 0.2) is 11.5 Å². The smallest absolute Gasteiger partial charge is 0.294 e. The van der Waals surface area contributed by atoms with Crippen LogP contribution in [0.1, 0.15) is 18.1 Å². The van der Waals surface area contributed by atoms with Crippen LogP contribution in [0.15, 0.2) is 65.6 Å². The van der Waals surface area contributed by atoms with Gasteiger partial charge in [0.05, 0.1) is 25.1 Å². The molecule has 5 rings (SSSR count). The lowest BCUT2D eigenvalue weighted by Crippen LogP contribution is -2.51. The van der Waals surface area contributed by atoms with Gasteiger partial charge >= 0.3 is 0 Å². The van der Waals surface area contributed by atoms with E-state index >= 15 is 0 Å². The molecule has 0 unspecified atom stereocenters. The molecule has 3 aromatic rings. The first-order valence-electron chi connectivity index (χ1n) is 13.6. The second-order valence-corrected chi connectivity index (χ2v) is 12.7. The van der Waals surface area contributed by atoms with Gasteiger partial charge in [-0.15, -0.1) is 0 Å². The summed E-state index contributed by atoms with van der Waals surface area (Å²) >= 11 is 15.1. The number of carbonyl (C=O) groups excluding carboxylic acids is 3. The van der Waals surface area contributed by atoms with Crippen LogP contribution in [-0.4, -0.2) is 66.2 Å². The molecule has 0 atom stereocenters. The number of anilines is 1. The summed E-state index contributed by atoms with van der Waals surface area (Å²) in [5, 5.41) is 0.447. The molecule has 224 valence electrons. The average molecular weight is 752 g/mol. The maximum Gasteiger partial charge on any atom is 0.294 e. The highest BCUT2D eigenvalue weighted by Gasteiger charge is 2.37. The molecule has 2 saturated heterocycles. The van der Waals surface area contributed by atoms with Gasteiger partial charge in [0.1, 0.15) is 13.2 Å². The Morgan fingerprint density at radius 3 is 2.42 bits per heavy atom. The Kier molecular flexibility index (Phi) is 10.4. The van der Waals surface area contributed by atoms with Gasteiger partial charge in [-0.25, -0.2) is 0 Å². The molecule has 2 fully saturated rings. The lowest BCUT2D eigenvalue weighted by atomic mass is 10.1. The zero-order valence-electron chi connectivity index (χ0n) is 23.2. The molecule has 0 aliphatic carbocycles. The van der Waals surface area contributed by atoms with Crippen LogP contribution in [0.25, 0.3) is 6.08 Å². The zero-order chi connectivity index (χ0) is 30.5. The van der Waals surface area contributed by atoms with Crippen molar-refractivity contribution in [1.29, 1.82) is 0 Å². The number of amides is 3. The monoisotopic (exact) mass is 751 g/mol. The Bertz CT molecular complexity index is 1560. The molecule has 0 spiro atoms. The lowest BCUT2D eigenvalue weighted by Gasteiger charge is -2.36. The lowest BCUT2D eigenvalue weighted by molar-refractivity contribution is -0.136. The van der Waals surface area contributed by atoms with Gasteiger partial charge in [0.2, 0.25) is 5.91 Å². The molecule has 0 aromatic heterocycles. The Morgan fingerprint density at radius 2 is 1.72 bits per heavy atom. The zero-order valence-corrected chi connectivity index (χ0v) is 27.7. The van der Waals surface area contributed by atoms with E-state index in [-0.39, 0.29) is 24.0 Å². The highest BCUT2D eigenvalue weighted by atomic mass is 127. The predicted octanol–water partition coefficient (Wildman–Crippen LogP) is 6.96. The fraction of sp³-hybridized carbons (Fsp3) is 0.258. The Labute approximate surface area is 278 Å². The molecule has 3 aromatic carbocycles. The highest BCUT2D eigenvalue weighted by molar-refractivity contribution is 14.1. The van der Waals surface area contributed by atoms with Crippen molar-refractivity contribution in [2.24, 2.45) is 0 Å². The van der Waals surface area contributed by atoms with Gasteiger partial charge in [-0.2, -0.15) is 0 Å². The van der Waals surface area contributed by atoms with Crippen molar-refractivity contribution < 1.29 is 23.9 Å². The third-order valence-corrected chi connectivity index (χ3v) is 9.37. The number of piperazine rings is 1. The quantitative estimate of drug-likeness (QED) is 0.173. The van der Waals surface area contributed by atoms with Crippen LogP contribution in [0.3, 0.4) is 0 Å². The normalized spacial score (nSPS) is 16.3. The summed E-state index contributed by atoms with van der Waals surface area (Å²) in [5.74, 6) is 0.327. The number of halogens is 3. The Morgan fingerprint density at radius 1 is 0.977 bits per heavy atom. The number of rotatable bonds is 9.